The third-order valence-corrected chi connectivity index (χ3v) is 5.20. The molecule has 0 aliphatic rings. The zero-order valence-corrected chi connectivity index (χ0v) is 20.4. The summed E-state index contributed by atoms with van der Waals surface area (Å²) in [6.07, 6.45) is 0.250. The maximum absolute atomic E-state index is 12.8. The molecule has 0 spiro atoms. The number of benzene rings is 3. The van der Waals surface area contributed by atoms with Crippen LogP contribution in [0.1, 0.15) is 70.3 Å². The second kappa shape index (κ2) is 12.8. The van der Waals surface area contributed by atoms with E-state index in [1.807, 2.05) is 24.3 Å². The summed E-state index contributed by atoms with van der Waals surface area (Å²) < 4.78 is 5.84. The Bertz CT molecular complexity index is 1250. The summed E-state index contributed by atoms with van der Waals surface area (Å²) in [4.78, 5) is 53.0. The number of Topliss-reactive ketones (excluding diaryl/α,β-unsaturated/α-hetero) is 1. The molecule has 8 nitrogen and oxygen atoms in total. The summed E-state index contributed by atoms with van der Waals surface area (Å²) in [7, 11) is 0. The van der Waals surface area contributed by atoms with E-state index in [-0.39, 0.29) is 29.0 Å². The molecule has 2 N–H and O–H groups in total. The first kappa shape index (κ1) is 27.7. The van der Waals surface area contributed by atoms with Crippen LogP contribution in [0.5, 0.6) is 11.5 Å². The van der Waals surface area contributed by atoms with Crippen LogP contribution in [-0.2, 0) is 9.59 Å². The zero-order chi connectivity index (χ0) is 26.8. The second-order valence-corrected chi connectivity index (χ2v) is 8.47. The number of carboxylic acid groups (broad SMARTS) is 1. The Kier molecular flexibility index (Phi) is 9.83. The number of carbonyl (C=O) groups is 3. The smallest absolute Gasteiger partial charge is 0.373 e. The topological polar surface area (TPSA) is 127 Å². The van der Waals surface area contributed by atoms with Crippen molar-refractivity contribution in [1.29, 1.82) is 0 Å². The van der Waals surface area contributed by atoms with Gasteiger partial charge in [0.2, 0.25) is 0 Å². The molecular weight excluding hydrogens is 462 g/mol. The van der Waals surface area contributed by atoms with Crippen molar-refractivity contribution in [3.05, 3.63) is 89.0 Å². The number of nitrogens with one attached hydrogen (secondary N) is 1. The van der Waals surface area contributed by atoms with Crippen LogP contribution in [0, 0.1) is 5.92 Å². The van der Waals surface area contributed by atoms with Crippen molar-refractivity contribution in [2.24, 2.45) is 5.92 Å². The number of hydrogen-bond donors (Lipinski definition) is 2. The van der Waals surface area contributed by atoms with Crippen molar-refractivity contribution in [3.8, 4) is 11.5 Å². The molecule has 3 aromatic rings. The lowest BCUT2D eigenvalue weighted by molar-refractivity contribution is -0.191. The molecule has 0 radical (unpaired) electrons. The number of anilines is 1. The molecule has 3 rings (SSSR count). The van der Waals surface area contributed by atoms with Crippen molar-refractivity contribution < 1.29 is 33.8 Å². The highest BCUT2D eigenvalue weighted by Crippen LogP contribution is 2.25. The van der Waals surface area contributed by atoms with E-state index >= 15 is 0 Å². The van der Waals surface area contributed by atoms with Gasteiger partial charge in [0.25, 0.3) is 5.91 Å². The summed E-state index contributed by atoms with van der Waals surface area (Å²) in [6, 6.07) is 18.7. The van der Waals surface area contributed by atoms with Crippen molar-refractivity contribution >= 4 is 29.5 Å². The van der Waals surface area contributed by atoms with Gasteiger partial charge in [-0.3, -0.25) is 9.59 Å². The first-order chi connectivity index (χ1) is 17.1. The highest BCUT2D eigenvalue weighted by molar-refractivity contribution is 6.12. The number of carbonyl (C=O) groups excluding carboxylic acids is 4. The molecule has 0 saturated carbocycles. The van der Waals surface area contributed by atoms with Gasteiger partial charge in [0, 0.05) is 17.2 Å². The predicted octanol–water partition coefficient (Wildman–Crippen LogP) is 5.81. The van der Waals surface area contributed by atoms with E-state index in [1.165, 1.54) is 23.8 Å². The van der Waals surface area contributed by atoms with Crippen LogP contribution >= 0.6 is 0 Å². The Balaban J connectivity index is 0.00000145. The van der Waals surface area contributed by atoms with Crippen molar-refractivity contribution in [1.82, 2.24) is 0 Å². The van der Waals surface area contributed by atoms with Gasteiger partial charge in [-0.1, -0.05) is 45.9 Å². The fourth-order valence-electron chi connectivity index (χ4n) is 3.27. The molecule has 0 unspecified atom stereocenters. The lowest BCUT2D eigenvalue weighted by Gasteiger charge is -2.12. The quantitative estimate of drug-likeness (QED) is 0.382. The molecule has 186 valence electrons. The van der Waals surface area contributed by atoms with Crippen LogP contribution in [0.2, 0.25) is 0 Å². The first-order valence-electron chi connectivity index (χ1n) is 11.2. The Hall–Kier alpha value is -4.55. The number of amides is 1. The van der Waals surface area contributed by atoms with Crippen LogP contribution in [0.25, 0.3) is 0 Å². The number of ether oxygens (including phenoxy) is 1. The SMILES string of the molecule is CC(C)C(=O)c1ccc(C(=O)O)c(C(=O)Nc2ccc(Oc3ccc(C(C)C)cc3)cc2)c1.O=C=O. The van der Waals surface area contributed by atoms with Crippen molar-refractivity contribution in [2.75, 3.05) is 5.32 Å². The maximum atomic E-state index is 12.8. The van der Waals surface area contributed by atoms with Gasteiger partial charge in [-0.2, -0.15) is 9.59 Å². The van der Waals surface area contributed by atoms with E-state index in [2.05, 4.69) is 19.2 Å². The number of aromatic carboxylic acids is 1. The van der Waals surface area contributed by atoms with E-state index in [0.717, 1.165) is 0 Å². The third-order valence-electron chi connectivity index (χ3n) is 5.20. The van der Waals surface area contributed by atoms with E-state index in [4.69, 9.17) is 14.3 Å². The van der Waals surface area contributed by atoms with Gasteiger partial charge in [-0.25, -0.2) is 4.79 Å². The Labute approximate surface area is 208 Å². The van der Waals surface area contributed by atoms with Gasteiger partial charge >= 0.3 is 12.1 Å². The highest BCUT2D eigenvalue weighted by Gasteiger charge is 2.20. The molecule has 0 aliphatic heterocycles. The average Bonchev–Trinajstić information content (AvgIpc) is 2.85. The first-order valence-corrected chi connectivity index (χ1v) is 11.2. The Morgan fingerprint density at radius 1 is 0.806 bits per heavy atom. The number of carboxylic acids is 1. The van der Waals surface area contributed by atoms with Crippen LogP contribution in [0.15, 0.2) is 66.7 Å². The molecule has 8 heteroatoms. The largest absolute Gasteiger partial charge is 0.478 e. The minimum atomic E-state index is -1.24. The molecule has 1 amide bonds. The van der Waals surface area contributed by atoms with Crippen molar-refractivity contribution in [3.63, 3.8) is 0 Å². The fourth-order valence-corrected chi connectivity index (χ4v) is 3.27. The summed E-state index contributed by atoms with van der Waals surface area (Å²) >= 11 is 0. The van der Waals surface area contributed by atoms with Gasteiger partial charge in [0.15, 0.2) is 5.78 Å². The molecule has 0 heterocycles. The maximum Gasteiger partial charge on any atom is 0.373 e. The van der Waals surface area contributed by atoms with E-state index in [0.29, 0.717) is 28.7 Å². The molecule has 3 aromatic carbocycles. The minimum absolute atomic E-state index is 0.0698. The minimum Gasteiger partial charge on any atom is -0.478 e. The summed E-state index contributed by atoms with van der Waals surface area (Å²) in [6.45, 7) is 7.74. The summed E-state index contributed by atoms with van der Waals surface area (Å²) in [5.74, 6) is -0.544. The van der Waals surface area contributed by atoms with Crippen LogP contribution in [-0.4, -0.2) is 28.9 Å². The van der Waals surface area contributed by atoms with Crippen LogP contribution in [0.3, 0.4) is 0 Å². The van der Waals surface area contributed by atoms with Crippen molar-refractivity contribution in [2.45, 2.75) is 33.6 Å². The fraction of sp³-hybridized carbons (Fsp3) is 0.214. The van der Waals surface area contributed by atoms with Gasteiger partial charge in [-0.15, -0.1) is 0 Å². The van der Waals surface area contributed by atoms with E-state index in [9.17, 15) is 19.5 Å². The van der Waals surface area contributed by atoms with E-state index in [1.54, 1.807) is 38.1 Å². The molecule has 0 bridgehead atoms. The Morgan fingerprint density at radius 2 is 1.33 bits per heavy atom. The van der Waals surface area contributed by atoms with Gasteiger partial charge in [0.05, 0.1) is 11.1 Å². The summed E-state index contributed by atoms with van der Waals surface area (Å²) in [5.41, 5.74) is 1.75. The standard InChI is InChI=1S/C27H27NO5.CO2/c1-16(2)18-5-10-21(11-6-18)33-22-12-8-20(9-13-22)28-26(30)24-15-19(25(29)17(3)4)7-14-23(24)27(31)32;2-1-3/h5-17H,1-4H3,(H,28,30)(H,31,32);. The van der Waals surface area contributed by atoms with Crippen LogP contribution < -0.4 is 10.1 Å². The van der Waals surface area contributed by atoms with Gasteiger partial charge < -0.3 is 15.2 Å². The Morgan fingerprint density at radius 3 is 1.81 bits per heavy atom. The molecule has 0 atom stereocenters. The number of rotatable bonds is 8. The molecule has 0 aromatic heterocycles. The molecular formula is C28H27NO7. The monoisotopic (exact) mass is 489 g/mol. The lowest BCUT2D eigenvalue weighted by Crippen LogP contribution is -2.18. The second-order valence-electron chi connectivity index (χ2n) is 8.47. The molecule has 0 fully saturated rings. The van der Waals surface area contributed by atoms with E-state index < -0.39 is 11.9 Å². The predicted molar refractivity (Wildman–Crippen MR) is 133 cm³/mol. The number of ketones is 1. The average molecular weight is 490 g/mol. The molecule has 0 saturated heterocycles. The zero-order valence-electron chi connectivity index (χ0n) is 20.4. The number of hydrogen-bond acceptors (Lipinski definition) is 6. The molecule has 36 heavy (non-hydrogen) atoms. The highest BCUT2D eigenvalue weighted by atomic mass is 16.5. The summed E-state index contributed by atoms with van der Waals surface area (Å²) in [5, 5.41) is 12.2. The van der Waals surface area contributed by atoms with Gasteiger partial charge in [0.1, 0.15) is 11.5 Å². The van der Waals surface area contributed by atoms with Crippen LogP contribution in [0.4, 0.5) is 5.69 Å². The normalized spacial score (nSPS) is 10.2. The third kappa shape index (κ3) is 7.48. The molecule has 0 aliphatic carbocycles. The van der Waals surface area contributed by atoms with Gasteiger partial charge in [-0.05, 0) is 60.0 Å². The lowest BCUT2D eigenvalue weighted by atomic mass is 9.96.